The van der Waals surface area contributed by atoms with Gasteiger partial charge in [-0.3, -0.25) is 15.8 Å². The number of rotatable bonds is 6. The van der Waals surface area contributed by atoms with Crippen LogP contribution in [0.25, 0.3) is 0 Å². The van der Waals surface area contributed by atoms with Gasteiger partial charge < -0.3 is 10.1 Å². The summed E-state index contributed by atoms with van der Waals surface area (Å²) in [6, 6.07) is 0.150. The van der Waals surface area contributed by atoms with E-state index in [-0.39, 0.29) is 24.4 Å². The van der Waals surface area contributed by atoms with Gasteiger partial charge in [0.15, 0.2) is 0 Å². The molecule has 190 valence electrons. The minimum atomic E-state index is -3.55. The van der Waals surface area contributed by atoms with E-state index in [1.807, 2.05) is 17.1 Å². The van der Waals surface area contributed by atoms with Crippen molar-refractivity contribution in [2.24, 2.45) is 5.92 Å². The zero-order valence-corrected chi connectivity index (χ0v) is 20.8. The molecule has 4 heterocycles. The van der Waals surface area contributed by atoms with Gasteiger partial charge in [0.05, 0.1) is 18.3 Å². The normalized spacial score (nSPS) is 42.8. The zero-order valence-electron chi connectivity index (χ0n) is 20.0. The predicted octanol–water partition coefficient (Wildman–Crippen LogP) is -1.17. The number of likely N-dealkylation sites (tertiary alicyclic amines) is 1. The summed E-state index contributed by atoms with van der Waals surface area (Å²) in [6.45, 7) is 5.18. The van der Waals surface area contributed by atoms with Crippen molar-refractivity contribution in [1.82, 2.24) is 35.8 Å². The highest BCUT2D eigenvalue weighted by atomic mass is 32.2. The fourth-order valence-corrected chi connectivity index (χ4v) is 8.11. The largest absolute Gasteiger partial charge is 0.380 e. The zero-order chi connectivity index (χ0) is 23.4. The topological polar surface area (TPSA) is 101 Å². The molecule has 0 amide bonds. The Morgan fingerprint density at radius 1 is 1.15 bits per heavy atom. The minimum Gasteiger partial charge on any atom is -0.380 e. The summed E-state index contributed by atoms with van der Waals surface area (Å²) < 4.78 is 49.6. The van der Waals surface area contributed by atoms with Gasteiger partial charge in [-0.2, -0.15) is 0 Å². The van der Waals surface area contributed by atoms with Crippen molar-refractivity contribution in [3.05, 3.63) is 0 Å². The molecule has 4 saturated heterocycles. The van der Waals surface area contributed by atoms with E-state index in [9.17, 15) is 12.8 Å². The highest BCUT2D eigenvalue weighted by Gasteiger charge is 2.49. The summed E-state index contributed by atoms with van der Waals surface area (Å²) in [4.78, 5) is 2.22. The SMILES string of the molecule is COC1CCC2CNN(C)C2C1NS(=O)(=O)C1CNN(C2CC(N3CC(C)(F)C3)CCN2)C1. The number of ether oxygens (including phenoxy) is 1. The maximum Gasteiger partial charge on any atom is 0.217 e. The van der Waals surface area contributed by atoms with Crippen molar-refractivity contribution < 1.29 is 17.5 Å². The summed E-state index contributed by atoms with van der Waals surface area (Å²) in [5.74, 6) is 0.420. The third kappa shape index (κ3) is 4.83. The molecule has 4 aliphatic heterocycles. The average Bonchev–Trinajstić information content (AvgIpc) is 3.40. The fraction of sp³-hybridized carbons (Fsp3) is 1.00. The Bertz CT molecular complexity index is 810. The number of hydrogen-bond donors (Lipinski definition) is 4. The Balaban J connectivity index is 1.20. The Hall–Kier alpha value is -0.440. The number of nitrogens with zero attached hydrogens (tertiary/aromatic N) is 3. The number of fused-ring (bicyclic) bond motifs is 1. The Labute approximate surface area is 196 Å². The first kappa shape index (κ1) is 24.3. The number of nitrogens with one attached hydrogen (secondary N) is 4. The maximum atomic E-state index is 14.0. The first-order valence-electron chi connectivity index (χ1n) is 12.3. The molecule has 0 aromatic rings. The summed E-state index contributed by atoms with van der Waals surface area (Å²) in [5, 5.41) is 7.06. The molecule has 4 N–H and O–H groups in total. The first-order chi connectivity index (χ1) is 15.7. The van der Waals surface area contributed by atoms with Crippen LogP contribution >= 0.6 is 0 Å². The molecule has 0 spiro atoms. The van der Waals surface area contributed by atoms with Crippen LogP contribution in [0.15, 0.2) is 0 Å². The number of hydrazine groups is 2. The van der Waals surface area contributed by atoms with Gasteiger partial charge in [-0.15, -0.1) is 0 Å². The van der Waals surface area contributed by atoms with Crippen molar-refractivity contribution >= 4 is 10.0 Å². The van der Waals surface area contributed by atoms with Crippen LogP contribution in [0.2, 0.25) is 0 Å². The Morgan fingerprint density at radius 3 is 2.67 bits per heavy atom. The molecule has 0 aromatic heterocycles. The lowest BCUT2D eigenvalue weighted by atomic mass is 9.80. The van der Waals surface area contributed by atoms with E-state index in [0.29, 0.717) is 38.1 Å². The molecule has 10 nitrogen and oxygen atoms in total. The second-order valence-electron chi connectivity index (χ2n) is 10.9. The summed E-state index contributed by atoms with van der Waals surface area (Å²) in [7, 11) is 0.101. The predicted molar refractivity (Wildman–Crippen MR) is 123 cm³/mol. The number of piperidine rings is 1. The molecule has 7 atom stereocenters. The van der Waals surface area contributed by atoms with Crippen LogP contribution in [0.5, 0.6) is 0 Å². The third-order valence-corrected chi connectivity index (χ3v) is 10.2. The number of hydrogen-bond acceptors (Lipinski definition) is 9. The van der Waals surface area contributed by atoms with Gasteiger partial charge in [0, 0.05) is 59.0 Å². The monoisotopic (exact) mass is 489 g/mol. The lowest BCUT2D eigenvalue weighted by Gasteiger charge is -2.49. The molecule has 0 radical (unpaired) electrons. The maximum absolute atomic E-state index is 14.0. The fourth-order valence-electron chi connectivity index (χ4n) is 6.60. The van der Waals surface area contributed by atoms with Gasteiger partial charge >= 0.3 is 0 Å². The van der Waals surface area contributed by atoms with Crippen molar-refractivity contribution in [1.29, 1.82) is 0 Å². The molecule has 1 saturated carbocycles. The van der Waals surface area contributed by atoms with Crippen LogP contribution < -0.4 is 20.9 Å². The first-order valence-corrected chi connectivity index (χ1v) is 13.9. The van der Waals surface area contributed by atoms with Crippen molar-refractivity contribution in [3.63, 3.8) is 0 Å². The Morgan fingerprint density at radius 2 is 1.94 bits per heavy atom. The number of halogens is 1. The summed E-state index contributed by atoms with van der Waals surface area (Å²) in [6.07, 6.45) is 3.66. The van der Waals surface area contributed by atoms with Crippen molar-refractivity contribution in [3.8, 4) is 0 Å². The number of methoxy groups -OCH3 is 1. The van der Waals surface area contributed by atoms with Gasteiger partial charge in [0.2, 0.25) is 10.0 Å². The van der Waals surface area contributed by atoms with Gasteiger partial charge in [0.25, 0.3) is 0 Å². The third-order valence-electron chi connectivity index (χ3n) is 8.40. The van der Waals surface area contributed by atoms with Gasteiger partial charge in [0.1, 0.15) is 10.9 Å². The second kappa shape index (κ2) is 9.21. The smallest absolute Gasteiger partial charge is 0.217 e. The molecule has 33 heavy (non-hydrogen) atoms. The van der Waals surface area contributed by atoms with E-state index in [1.54, 1.807) is 14.0 Å². The van der Waals surface area contributed by atoms with Gasteiger partial charge in [-0.05, 0) is 45.1 Å². The Kier molecular flexibility index (Phi) is 6.77. The van der Waals surface area contributed by atoms with E-state index in [4.69, 9.17) is 4.74 Å². The van der Waals surface area contributed by atoms with Crippen molar-refractivity contribution in [2.75, 3.05) is 53.4 Å². The number of sulfonamides is 1. The molecular formula is C21H40FN7O3S. The van der Waals surface area contributed by atoms with E-state index < -0.39 is 20.9 Å². The standard InChI is InChI=1S/C21H40FN7O3S/c1-21(22)12-28(13-21)15-6-7-23-18(8-15)29-11-16(10-25-29)33(30,31)26-19-17(32-3)5-4-14-9-24-27(2)20(14)19/h14-20,23-26H,4-13H2,1-3H3. The molecule has 5 aliphatic rings. The molecule has 7 unspecified atom stereocenters. The average molecular weight is 490 g/mol. The highest BCUT2D eigenvalue weighted by Crippen LogP contribution is 2.34. The van der Waals surface area contributed by atoms with Crippen LogP contribution in [0, 0.1) is 5.92 Å². The molecule has 1 aliphatic carbocycles. The van der Waals surface area contributed by atoms with E-state index in [0.717, 1.165) is 38.8 Å². The summed E-state index contributed by atoms with van der Waals surface area (Å²) in [5.41, 5.74) is 5.60. The second-order valence-corrected chi connectivity index (χ2v) is 12.9. The van der Waals surface area contributed by atoms with Crippen LogP contribution in [-0.2, 0) is 14.8 Å². The molecule has 5 fully saturated rings. The molecule has 12 heteroatoms. The van der Waals surface area contributed by atoms with Crippen LogP contribution in [0.3, 0.4) is 0 Å². The van der Waals surface area contributed by atoms with Crippen LogP contribution in [-0.4, -0.2) is 118 Å². The van der Waals surface area contributed by atoms with Gasteiger partial charge in [-0.25, -0.2) is 27.5 Å². The number of alkyl halides is 1. The molecular weight excluding hydrogens is 449 g/mol. The molecule has 0 bridgehead atoms. The quantitative estimate of drug-likeness (QED) is 0.368. The van der Waals surface area contributed by atoms with E-state index in [1.165, 1.54) is 0 Å². The summed E-state index contributed by atoms with van der Waals surface area (Å²) >= 11 is 0. The molecule has 0 aromatic carbocycles. The molecule has 5 rings (SSSR count). The van der Waals surface area contributed by atoms with E-state index in [2.05, 4.69) is 25.8 Å². The van der Waals surface area contributed by atoms with Crippen molar-refractivity contribution in [2.45, 2.75) is 73.9 Å². The lowest BCUT2D eigenvalue weighted by molar-refractivity contribution is -0.0633. The lowest BCUT2D eigenvalue weighted by Crippen LogP contribution is -2.65. The highest BCUT2D eigenvalue weighted by molar-refractivity contribution is 7.90. The van der Waals surface area contributed by atoms with Crippen LogP contribution in [0.4, 0.5) is 4.39 Å². The van der Waals surface area contributed by atoms with Gasteiger partial charge in [-0.1, -0.05) is 0 Å². The van der Waals surface area contributed by atoms with E-state index >= 15 is 0 Å². The van der Waals surface area contributed by atoms with Crippen LogP contribution in [0.1, 0.15) is 32.6 Å². The minimum absolute atomic E-state index is 0.0476. The number of likely N-dealkylation sites (N-methyl/N-ethyl adjacent to an activating group) is 1.